The standard InChI is InChI=1S/C32H50N2O7.C4H11N5/c1-4-5-6-7-8-9-10-11-12-13-14-15-16-17-18-19-20-21-29(38)41-26-32(2,3)30(39)31(40)34-24-22-27(35)33-25-23-28(36)37;1-9(2)4(7)8-3(5)6/h5-6,8-9,11-12,14-15,17-18,30,39H,4,7,10,13,16,19-26H2,1-3H3,(H,33,35)(H,34,40)(H,36,37);1-2H3,(H5,5,6,7,8)/b6-5-,9-8-,12-11-,15-14-,18-17-;/t30-;/m0./s1. The van der Waals surface area contributed by atoms with E-state index in [0.717, 1.165) is 38.5 Å². The van der Waals surface area contributed by atoms with Gasteiger partial charge >= 0.3 is 11.9 Å². The number of aliphatic hydroxyl groups excluding tert-OH is 1. The number of carboxylic acid groups (broad SMARTS) is 1. The van der Waals surface area contributed by atoms with Crippen molar-refractivity contribution in [3.05, 3.63) is 60.8 Å². The molecule has 14 nitrogen and oxygen atoms in total. The maximum atomic E-state index is 12.2. The molecule has 0 rings (SSSR count). The van der Waals surface area contributed by atoms with Crippen LogP contribution in [0.2, 0.25) is 0 Å². The van der Waals surface area contributed by atoms with Crippen LogP contribution in [0.25, 0.3) is 0 Å². The normalized spacial score (nSPS) is 12.2. The summed E-state index contributed by atoms with van der Waals surface area (Å²) in [6.07, 6.45) is 26.1. The number of carboxylic acids is 1. The molecular formula is C36H61N7O7. The van der Waals surface area contributed by atoms with Crippen molar-refractivity contribution in [2.45, 2.75) is 91.1 Å². The molecular weight excluding hydrogens is 642 g/mol. The Morgan fingerprint density at radius 3 is 1.80 bits per heavy atom. The van der Waals surface area contributed by atoms with Crippen LogP contribution in [0.3, 0.4) is 0 Å². The molecule has 0 aliphatic heterocycles. The average Bonchev–Trinajstić information content (AvgIpc) is 3.04. The Bertz CT molecular complexity index is 1190. The van der Waals surface area contributed by atoms with Gasteiger partial charge < -0.3 is 42.0 Å². The molecule has 0 spiro atoms. The molecule has 0 saturated heterocycles. The summed E-state index contributed by atoms with van der Waals surface area (Å²) in [4.78, 5) is 51.3. The molecule has 0 aliphatic rings. The highest BCUT2D eigenvalue weighted by Gasteiger charge is 2.34. The summed E-state index contributed by atoms with van der Waals surface area (Å²) in [7, 11) is 3.38. The second-order valence-electron chi connectivity index (χ2n) is 11.9. The maximum Gasteiger partial charge on any atom is 0.305 e. The number of aliphatic hydroxyl groups is 1. The molecule has 0 radical (unpaired) electrons. The number of aliphatic imine (C=N–C) groups is 1. The first-order valence-corrected chi connectivity index (χ1v) is 16.8. The van der Waals surface area contributed by atoms with Crippen LogP contribution in [0.15, 0.2) is 65.8 Å². The SMILES string of the molecule is CC/C=C\C/C=C\C/C=C\C/C=C\C/C=C\CCCC(=O)OCC(C)(C)[C@@H](O)C(=O)NCCC(=O)NCCC(=O)O.CN(C)C(=N)N=C(N)N. The van der Waals surface area contributed by atoms with E-state index in [9.17, 15) is 24.3 Å². The molecule has 0 saturated carbocycles. The van der Waals surface area contributed by atoms with Crippen LogP contribution in [0, 0.1) is 10.8 Å². The van der Waals surface area contributed by atoms with Crippen LogP contribution in [-0.2, 0) is 23.9 Å². The van der Waals surface area contributed by atoms with E-state index in [4.69, 9.17) is 26.7 Å². The van der Waals surface area contributed by atoms with E-state index in [1.807, 2.05) is 6.08 Å². The molecule has 0 aromatic rings. The Kier molecular flexibility index (Phi) is 28.8. The number of nitrogens with two attached hydrogens (primary N) is 2. The van der Waals surface area contributed by atoms with Gasteiger partial charge in [-0.05, 0) is 44.9 Å². The number of nitrogens with one attached hydrogen (secondary N) is 3. The van der Waals surface area contributed by atoms with E-state index in [2.05, 4.69) is 77.2 Å². The minimum absolute atomic E-state index is 0.00541. The monoisotopic (exact) mass is 703 g/mol. The summed E-state index contributed by atoms with van der Waals surface area (Å²) in [6, 6.07) is 0. The second-order valence-corrected chi connectivity index (χ2v) is 11.9. The number of aliphatic carboxylic acids is 1. The third-order valence-electron chi connectivity index (χ3n) is 6.47. The molecule has 0 heterocycles. The van der Waals surface area contributed by atoms with Gasteiger partial charge in [-0.3, -0.25) is 24.6 Å². The van der Waals surface area contributed by atoms with Gasteiger partial charge in [0.1, 0.15) is 6.10 Å². The fraction of sp³-hybridized carbons (Fsp3) is 0.556. The zero-order valence-corrected chi connectivity index (χ0v) is 30.5. The second kappa shape index (κ2) is 30.3. The number of hydrogen-bond acceptors (Lipinski definition) is 7. The number of carbonyl (C=O) groups excluding carboxylic acids is 3. The fourth-order valence-corrected chi connectivity index (χ4v) is 3.52. The topological polar surface area (TPSA) is 234 Å². The Balaban J connectivity index is 0. The lowest BCUT2D eigenvalue weighted by molar-refractivity contribution is -0.153. The summed E-state index contributed by atoms with van der Waals surface area (Å²) in [5, 5.41) is 30.9. The molecule has 0 aromatic carbocycles. The predicted octanol–water partition coefficient (Wildman–Crippen LogP) is 3.69. The average molecular weight is 704 g/mol. The van der Waals surface area contributed by atoms with Crippen LogP contribution in [0.4, 0.5) is 0 Å². The highest BCUT2D eigenvalue weighted by molar-refractivity contribution is 5.91. The molecule has 0 bridgehead atoms. The fourth-order valence-electron chi connectivity index (χ4n) is 3.52. The summed E-state index contributed by atoms with van der Waals surface area (Å²) in [5.41, 5.74) is 8.96. The first-order chi connectivity index (χ1) is 23.6. The smallest absolute Gasteiger partial charge is 0.305 e. The number of amides is 2. The van der Waals surface area contributed by atoms with Gasteiger partial charge in [-0.15, -0.1) is 0 Å². The Hall–Kier alpha value is -4.72. The molecule has 1 atom stereocenters. The third kappa shape index (κ3) is 30.6. The largest absolute Gasteiger partial charge is 0.481 e. The number of guanidine groups is 2. The van der Waals surface area contributed by atoms with Crippen LogP contribution in [0.1, 0.15) is 85.0 Å². The molecule has 0 fully saturated rings. The first-order valence-electron chi connectivity index (χ1n) is 16.8. The quantitative estimate of drug-likeness (QED) is 0.0268. The van der Waals surface area contributed by atoms with Crippen molar-refractivity contribution in [3.63, 3.8) is 0 Å². The van der Waals surface area contributed by atoms with Gasteiger partial charge in [0.2, 0.25) is 17.8 Å². The summed E-state index contributed by atoms with van der Waals surface area (Å²) in [6.45, 7) is 5.22. The minimum Gasteiger partial charge on any atom is -0.481 e. The van der Waals surface area contributed by atoms with Gasteiger partial charge in [-0.2, -0.15) is 4.99 Å². The van der Waals surface area contributed by atoms with E-state index in [1.54, 1.807) is 27.9 Å². The molecule has 2 amide bonds. The van der Waals surface area contributed by atoms with Crippen molar-refractivity contribution in [3.8, 4) is 0 Å². The number of rotatable bonds is 23. The van der Waals surface area contributed by atoms with Gasteiger partial charge in [0.15, 0.2) is 5.96 Å². The first kappa shape index (κ1) is 47.4. The number of ether oxygens (including phenoxy) is 1. The highest BCUT2D eigenvalue weighted by atomic mass is 16.5. The van der Waals surface area contributed by atoms with E-state index in [0.29, 0.717) is 6.42 Å². The van der Waals surface area contributed by atoms with Crippen molar-refractivity contribution < 1.29 is 34.1 Å². The zero-order chi connectivity index (χ0) is 38.2. The number of nitrogens with zero attached hydrogens (tertiary/aromatic N) is 2. The molecule has 50 heavy (non-hydrogen) atoms. The van der Waals surface area contributed by atoms with Crippen molar-refractivity contribution in [2.24, 2.45) is 21.9 Å². The van der Waals surface area contributed by atoms with E-state index >= 15 is 0 Å². The lowest BCUT2D eigenvalue weighted by Crippen LogP contribution is -2.47. The number of esters is 1. The number of carbonyl (C=O) groups is 4. The zero-order valence-electron chi connectivity index (χ0n) is 30.5. The third-order valence-corrected chi connectivity index (χ3v) is 6.47. The summed E-state index contributed by atoms with van der Waals surface area (Å²) in [5.74, 6) is -2.53. The van der Waals surface area contributed by atoms with Crippen LogP contribution >= 0.6 is 0 Å². The van der Waals surface area contributed by atoms with Crippen molar-refractivity contribution in [1.29, 1.82) is 5.41 Å². The summed E-state index contributed by atoms with van der Waals surface area (Å²) < 4.78 is 5.27. The highest BCUT2D eigenvalue weighted by Crippen LogP contribution is 2.22. The Morgan fingerprint density at radius 1 is 0.840 bits per heavy atom. The maximum absolute atomic E-state index is 12.2. The molecule has 0 unspecified atom stereocenters. The van der Waals surface area contributed by atoms with E-state index < -0.39 is 35.3 Å². The molecule has 9 N–H and O–H groups in total. The van der Waals surface area contributed by atoms with Crippen LogP contribution in [-0.4, -0.2) is 90.7 Å². The molecule has 14 heteroatoms. The van der Waals surface area contributed by atoms with Gasteiger partial charge in [0.25, 0.3) is 0 Å². The van der Waals surface area contributed by atoms with E-state index in [1.165, 1.54) is 4.90 Å². The number of allylic oxidation sites excluding steroid dienone is 10. The lowest BCUT2D eigenvalue weighted by atomic mass is 9.87. The van der Waals surface area contributed by atoms with Crippen LogP contribution in [0.5, 0.6) is 0 Å². The number of hydrogen-bond donors (Lipinski definition) is 7. The van der Waals surface area contributed by atoms with Crippen molar-refractivity contribution in [2.75, 3.05) is 33.8 Å². The molecule has 0 aromatic heterocycles. The number of unbranched alkanes of at least 4 members (excludes halogenated alkanes) is 1. The molecule has 282 valence electrons. The van der Waals surface area contributed by atoms with Crippen molar-refractivity contribution >= 4 is 35.7 Å². The molecule has 0 aliphatic carbocycles. The minimum atomic E-state index is -1.44. The van der Waals surface area contributed by atoms with E-state index in [-0.39, 0.29) is 50.9 Å². The van der Waals surface area contributed by atoms with Crippen LogP contribution < -0.4 is 22.1 Å². The van der Waals surface area contributed by atoms with Gasteiger partial charge in [-0.1, -0.05) is 81.5 Å². The van der Waals surface area contributed by atoms with Gasteiger partial charge in [-0.25, -0.2) is 0 Å². The van der Waals surface area contributed by atoms with Gasteiger partial charge in [0.05, 0.1) is 13.0 Å². The predicted molar refractivity (Wildman–Crippen MR) is 199 cm³/mol. The lowest BCUT2D eigenvalue weighted by Gasteiger charge is -2.29. The Labute approximate surface area is 298 Å². The van der Waals surface area contributed by atoms with Gasteiger partial charge in [0, 0.05) is 45.4 Å². The van der Waals surface area contributed by atoms with Crippen molar-refractivity contribution in [1.82, 2.24) is 15.5 Å². The summed E-state index contributed by atoms with van der Waals surface area (Å²) >= 11 is 0. The Morgan fingerprint density at radius 2 is 1.34 bits per heavy atom.